The number of hydrogen-bond acceptors (Lipinski definition) is 6. The summed E-state index contributed by atoms with van der Waals surface area (Å²) >= 11 is 0. The van der Waals surface area contributed by atoms with Gasteiger partial charge < -0.3 is 28.4 Å². The van der Waals surface area contributed by atoms with Crippen LogP contribution in [0.25, 0.3) is 0 Å². The predicted molar refractivity (Wildman–Crippen MR) is 127 cm³/mol. The molecule has 192 valence electrons. The van der Waals surface area contributed by atoms with E-state index in [1.807, 2.05) is 0 Å². The van der Waals surface area contributed by atoms with Crippen molar-refractivity contribution in [3.05, 3.63) is 0 Å². The van der Waals surface area contributed by atoms with Gasteiger partial charge in [-0.1, -0.05) is 13.8 Å². The number of ether oxygens (including phenoxy) is 6. The second-order valence-corrected chi connectivity index (χ2v) is 11.6. The topological polar surface area (TPSA) is 62.0 Å². The highest BCUT2D eigenvalue weighted by atomic mass is 16.6. The van der Waals surface area contributed by atoms with Crippen molar-refractivity contribution >= 4 is 0 Å². The molecule has 6 heteroatoms. The van der Waals surface area contributed by atoms with Crippen LogP contribution in [-0.2, 0) is 28.4 Å². The van der Waals surface area contributed by atoms with Crippen molar-refractivity contribution in [2.75, 3.05) is 39.6 Å². The zero-order valence-electron chi connectivity index (χ0n) is 21.5. The van der Waals surface area contributed by atoms with Crippen molar-refractivity contribution in [1.82, 2.24) is 0 Å². The molecule has 2 aliphatic carbocycles. The van der Waals surface area contributed by atoms with Crippen LogP contribution in [0.5, 0.6) is 0 Å². The van der Waals surface area contributed by atoms with Gasteiger partial charge in [-0.15, -0.1) is 0 Å². The van der Waals surface area contributed by atoms with Crippen molar-refractivity contribution in [3.63, 3.8) is 0 Å². The Kier molecular flexibility index (Phi) is 9.50. The Labute approximate surface area is 201 Å². The summed E-state index contributed by atoms with van der Waals surface area (Å²) in [5.74, 6) is 1.61. The van der Waals surface area contributed by atoms with Crippen LogP contribution in [0.2, 0.25) is 0 Å². The van der Waals surface area contributed by atoms with Crippen LogP contribution < -0.4 is 0 Å². The number of rotatable bonds is 14. The molecule has 0 aromatic rings. The SMILES string of the molecule is CC(COC1CCC(C(C)(C)C2CCC(OCC(C)OCC3CO3)CC2)CC1)OCC1CO1. The lowest BCUT2D eigenvalue weighted by molar-refractivity contribution is -0.0731. The van der Waals surface area contributed by atoms with E-state index < -0.39 is 0 Å². The van der Waals surface area contributed by atoms with Gasteiger partial charge >= 0.3 is 0 Å². The predicted octanol–water partition coefficient (Wildman–Crippen LogP) is 4.77. The smallest absolute Gasteiger partial charge is 0.104 e. The molecule has 0 aromatic carbocycles. The molecule has 2 saturated carbocycles. The maximum atomic E-state index is 6.20. The molecule has 6 nitrogen and oxygen atoms in total. The highest BCUT2D eigenvalue weighted by molar-refractivity contribution is 4.91. The van der Waals surface area contributed by atoms with E-state index in [9.17, 15) is 0 Å². The summed E-state index contributed by atoms with van der Waals surface area (Å²) in [5.41, 5.74) is 0.400. The van der Waals surface area contributed by atoms with E-state index in [1.165, 1.54) is 51.4 Å². The molecule has 0 bridgehead atoms. The minimum absolute atomic E-state index is 0.155. The molecular formula is C27H48O6. The number of hydrogen-bond donors (Lipinski definition) is 0. The van der Waals surface area contributed by atoms with E-state index in [-0.39, 0.29) is 12.2 Å². The lowest BCUT2D eigenvalue weighted by atomic mass is 9.60. The first-order valence-electron chi connectivity index (χ1n) is 13.6. The number of epoxide rings is 2. The lowest BCUT2D eigenvalue weighted by Crippen LogP contribution is -2.39. The van der Waals surface area contributed by atoms with E-state index in [1.54, 1.807) is 0 Å². The minimum atomic E-state index is 0.155. The zero-order chi connectivity index (χ0) is 23.3. The van der Waals surface area contributed by atoms with E-state index in [2.05, 4.69) is 27.7 Å². The Hall–Kier alpha value is -0.240. The van der Waals surface area contributed by atoms with Crippen molar-refractivity contribution in [2.45, 2.75) is 116 Å². The molecule has 33 heavy (non-hydrogen) atoms. The quantitative estimate of drug-likeness (QED) is 0.342. The van der Waals surface area contributed by atoms with Crippen molar-refractivity contribution < 1.29 is 28.4 Å². The molecule has 0 N–H and O–H groups in total. The van der Waals surface area contributed by atoms with E-state index >= 15 is 0 Å². The summed E-state index contributed by atoms with van der Waals surface area (Å²) < 4.78 is 34.4. The molecule has 4 atom stereocenters. The molecule has 2 heterocycles. The zero-order valence-corrected chi connectivity index (χ0v) is 21.5. The third kappa shape index (κ3) is 8.43. The van der Waals surface area contributed by atoms with Crippen molar-refractivity contribution in [2.24, 2.45) is 17.3 Å². The monoisotopic (exact) mass is 468 g/mol. The summed E-state index contributed by atoms with van der Waals surface area (Å²) in [5, 5.41) is 0. The standard InChI is InChI=1S/C27H48O6/c1-19(28-15-25-17-32-25)13-30-23-9-5-21(6-10-23)27(3,4)22-7-11-24(12-8-22)31-14-20(2)29-16-26-18-33-26/h19-26H,5-18H2,1-4H3. The molecule has 0 aromatic heterocycles. The lowest BCUT2D eigenvalue weighted by Gasteiger charge is -2.46. The van der Waals surface area contributed by atoms with Crippen molar-refractivity contribution in [1.29, 1.82) is 0 Å². The Balaban J connectivity index is 1.09. The molecule has 4 fully saturated rings. The first-order chi connectivity index (χ1) is 15.9. The van der Waals surface area contributed by atoms with Gasteiger partial charge in [0.05, 0.1) is 64.1 Å². The Morgan fingerprint density at radius 1 is 0.667 bits per heavy atom. The van der Waals surface area contributed by atoms with Crippen molar-refractivity contribution in [3.8, 4) is 0 Å². The van der Waals surface area contributed by atoms with E-state index in [4.69, 9.17) is 28.4 Å². The third-order valence-electron chi connectivity index (χ3n) is 8.52. The minimum Gasteiger partial charge on any atom is -0.376 e. The third-order valence-corrected chi connectivity index (χ3v) is 8.52. The molecule has 4 unspecified atom stereocenters. The molecule has 4 rings (SSSR count). The van der Waals surface area contributed by atoms with Gasteiger partial charge in [0.25, 0.3) is 0 Å². The van der Waals surface area contributed by atoms with Crippen LogP contribution >= 0.6 is 0 Å². The van der Waals surface area contributed by atoms with Gasteiger partial charge in [-0.3, -0.25) is 0 Å². The van der Waals surface area contributed by atoms with Gasteiger partial charge in [0, 0.05) is 0 Å². The van der Waals surface area contributed by atoms with Gasteiger partial charge in [0.1, 0.15) is 12.2 Å². The summed E-state index contributed by atoms with van der Waals surface area (Å²) in [7, 11) is 0. The highest BCUT2D eigenvalue weighted by Crippen LogP contribution is 2.48. The first kappa shape index (κ1) is 25.8. The van der Waals surface area contributed by atoms with Gasteiger partial charge in [0.15, 0.2) is 0 Å². The fourth-order valence-electron chi connectivity index (χ4n) is 5.79. The van der Waals surface area contributed by atoms with Crippen LogP contribution in [0.15, 0.2) is 0 Å². The first-order valence-corrected chi connectivity index (χ1v) is 13.6. The average molecular weight is 469 g/mol. The maximum Gasteiger partial charge on any atom is 0.104 e. The van der Waals surface area contributed by atoms with E-state index in [0.29, 0.717) is 56.3 Å². The van der Waals surface area contributed by atoms with Gasteiger partial charge in [-0.2, -0.15) is 0 Å². The fraction of sp³-hybridized carbons (Fsp3) is 1.00. The fourth-order valence-corrected chi connectivity index (χ4v) is 5.79. The van der Waals surface area contributed by atoms with Crippen LogP contribution in [0.3, 0.4) is 0 Å². The Morgan fingerprint density at radius 3 is 1.36 bits per heavy atom. The molecule has 2 saturated heterocycles. The van der Waals surface area contributed by atoms with E-state index in [0.717, 1.165) is 25.0 Å². The summed E-state index contributed by atoms with van der Waals surface area (Å²) in [6.07, 6.45) is 11.7. The van der Waals surface area contributed by atoms with Gasteiger partial charge in [-0.25, -0.2) is 0 Å². The summed E-state index contributed by atoms with van der Waals surface area (Å²) in [6.45, 7) is 13.8. The summed E-state index contributed by atoms with van der Waals surface area (Å²) in [4.78, 5) is 0. The molecule has 4 aliphatic rings. The Bertz CT molecular complexity index is 511. The largest absolute Gasteiger partial charge is 0.376 e. The Morgan fingerprint density at radius 2 is 1.03 bits per heavy atom. The maximum absolute atomic E-state index is 6.20. The van der Waals surface area contributed by atoms with Crippen LogP contribution in [0.1, 0.15) is 79.1 Å². The van der Waals surface area contributed by atoms with Gasteiger partial charge in [0.2, 0.25) is 0 Å². The molecule has 0 amide bonds. The molecule has 0 spiro atoms. The van der Waals surface area contributed by atoms with Crippen LogP contribution in [0.4, 0.5) is 0 Å². The summed E-state index contributed by atoms with van der Waals surface area (Å²) in [6, 6.07) is 0. The normalized spacial score (nSPS) is 36.4. The van der Waals surface area contributed by atoms with Crippen LogP contribution in [-0.4, -0.2) is 76.3 Å². The average Bonchev–Trinajstić information content (AvgIpc) is 3.74. The molecule has 0 radical (unpaired) electrons. The second-order valence-electron chi connectivity index (χ2n) is 11.6. The molecular weight excluding hydrogens is 420 g/mol. The van der Waals surface area contributed by atoms with Gasteiger partial charge in [-0.05, 0) is 82.5 Å². The second kappa shape index (κ2) is 12.1. The van der Waals surface area contributed by atoms with Crippen LogP contribution in [0, 0.1) is 17.3 Å². The molecule has 2 aliphatic heterocycles. The highest BCUT2D eigenvalue weighted by Gasteiger charge is 2.41.